The molecule has 128 valence electrons. The highest BCUT2D eigenvalue weighted by Crippen LogP contribution is 2.41. The summed E-state index contributed by atoms with van der Waals surface area (Å²) >= 11 is 1.83. The molecule has 6 heteroatoms. The van der Waals surface area contributed by atoms with E-state index in [0.29, 0.717) is 13.2 Å². The van der Waals surface area contributed by atoms with Crippen LogP contribution < -0.4 is 14.8 Å². The lowest BCUT2D eigenvalue weighted by atomic mass is 10.2. The van der Waals surface area contributed by atoms with Gasteiger partial charge in [0.1, 0.15) is 29.7 Å². The molecule has 0 unspecified atom stereocenters. The Labute approximate surface area is 150 Å². The van der Waals surface area contributed by atoms with Gasteiger partial charge in [0, 0.05) is 23.1 Å². The van der Waals surface area contributed by atoms with Crippen molar-refractivity contribution in [3.05, 3.63) is 34.5 Å². The lowest BCUT2D eigenvalue weighted by Crippen LogP contribution is -2.15. The largest absolute Gasteiger partial charge is 0.486 e. The van der Waals surface area contributed by atoms with E-state index in [4.69, 9.17) is 19.4 Å². The average molecular weight is 353 g/mol. The van der Waals surface area contributed by atoms with Crippen molar-refractivity contribution in [3.63, 3.8) is 0 Å². The van der Waals surface area contributed by atoms with Crippen molar-refractivity contribution >= 4 is 33.1 Å². The number of anilines is 2. The van der Waals surface area contributed by atoms with Crippen LogP contribution in [0.5, 0.6) is 11.5 Å². The molecule has 0 spiro atoms. The second-order valence-corrected chi connectivity index (χ2v) is 7.45. The number of aryl methyl sites for hydroxylation is 3. The number of rotatable bonds is 3. The average Bonchev–Trinajstić information content (AvgIpc) is 3.22. The predicted octanol–water partition coefficient (Wildman–Crippen LogP) is 4.26. The molecule has 2 aromatic heterocycles. The second-order valence-electron chi connectivity index (χ2n) is 6.36. The molecular formula is C19H19N3O2S. The van der Waals surface area contributed by atoms with E-state index in [1.807, 2.05) is 29.5 Å². The predicted molar refractivity (Wildman–Crippen MR) is 99.5 cm³/mol. The van der Waals surface area contributed by atoms with Gasteiger partial charge in [-0.25, -0.2) is 9.97 Å². The molecule has 0 saturated carbocycles. The van der Waals surface area contributed by atoms with Crippen LogP contribution in [0.2, 0.25) is 0 Å². The summed E-state index contributed by atoms with van der Waals surface area (Å²) in [5.74, 6) is 3.38. The molecule has 1 N–H and O–H groups in total. The SMILES string of the molecule is CCc1nc(Nc2ccc3c(c2)OCCO3)c2c3c(sc2n1)CCC3. The number of fused-ring (bicyclic) bond motifs is 4. The summed E-state index contributed by atoms with van der Waals surface area (Å²) in [5.41, 5.74) is 2.40. The van der Waals surface area contributed by atoms with Crippen LogP contribution in [-0.4, -0.2) is 23.2 Å². The lowest BCUT2D eigenvalue weighted by molar-refractivity contribution is 0.171. The van der Waals surface area contributed by atoms with Crippen molar-refractivity contribution in [2.24, 2.45) is 0 Å². The third-order valence-corrected chi connectivity index (χ3v) is 5.92. The van der Waals surface area contributed by atoms with Crippen molar-refractivity contribution < 1.29 is 9.47 Å². The molecule has 3 heterocycles. The Morgan fingerprint density at radius 2 is 2.00 bits per heavy atom. The first-order valence-electron chi connectivity index (χ1n) is 8.79. The Balaban J connectivity index is 1.60. The van der Waals surface area contributed by atoms with Crippen molar-refractivity contribution in [1.82, 2.24) is 9.97 Å². The molecule has 0 atom stereocenters. The van der Waals surface area contributed by atoms with Crippen LogP contribution in [0.25, 0.3) is 10.2 Å². The van der Waals surface area contributed by atoms with E-state index in [2.05, 4.69) is 12.2 Å². The van der Waals surface area contributed by atoms with Gasteiger partial charge in [-0.1, -0.05) is 6.92 Å². The molecule has 0 amide bonds. The van der Waals surface area contributed by atoms with Crippen LogP contribution in [0.15, 0.2) is 18.2 Å². The third kappa shape index (κ3) is 2.52. The summed E-state index contributed by atoms with van der Waals surface area (Å²) in [6.45, 7) is 3.29. The number of hydrogen-bond acceptors (Lipinski definition) is 6. The zero-order valence-electron chi connectivity index (χ0n) is 14.1. The number of hydrogen-bond donors (Lipinski definition) is 1. The van der Waals surface area contributed by atoms with Crippen molar-refractivity contribution in [2.45, 2.75) is 32.6 Å². The molecular weight excluding hydrogens is 334 g/mol. The number of nitrogens with one attached hydrogen (secondary N) is 1. The van der Waals surface area contributed by atoms with Gasteiger partial charge in [-0.05, 0) is 37.0 Å². The maximum atomic E-state index is 5.70. The van der Waals surface area contributed by atoms with Crippen LogP contribution in [0.1, 0.15) is 29.6 Å². The fraction of sp³-hybridized carbons (Fsp3) is 0.368. The van der Waals surface area contributed by atoms with Crippen LogP contribution in [0.4, 0.5) is 11.5 Å². The van der Waals surface area contributed by atoms with E-state index in [-0.39, 0.29) is 0 Å². The Hall–Kier alpha value is -2.34. The first kappa shape index (κ1) is 15.0. The maximum absolute atomic E-state index is 5.70. The Kier molecular flexibility index (Phi) is 3.52. The van der Waals surface area contributed by atoms with E-state index < -0.39 is 0 Å². The minimum Gasteiger partial charge on any atom is -0.486 e. The van der Waals surface area contributed by atoms with E-state index in [1.165, 1.54) is 28.7 Å². The van der Waals surface area contributed by atoms with Crippen LogP contribution in [0, 0.1) is 0 Å². The van der Waals surface area contributed by atoms with Gasteiger partial charge in [0.05, 0.1) is 5.39 Å². The number of benzene rings is 1. The van der Waals surface area contributed by atoms with Gasteiger partial charge in [-0.3, -0.25) is 0 Å². The van der Waals surface area contributed by atoms with E-state index in [1.54, 1.807) is 0 Å². The van der Waals surface area contributed by atoms with Crippen LogP contribution in [-0.2, 0) is 19.3 Å². The molecule has 25 heavy (non-hydrogen) atoms. The Bertz CT molecular complexity index is 967. The van der Waals surface area contributed by atoms with Crippen molar-refractivity contribution in [1.29, 1.82) is 0 Å². The van der Waals surface area contributed by atoms with Crippen LogP contribution >= 0.6 is 11.3 Å². The van der Waals surface area contributed by atoms with Gasteiger partial charge in [0.2, 0.25) is 0 Å². The highest BCUT2D eigenvalue weighted by atomic mass is 32.1. The normalized spacial score (nSPS) is 15.4. The zero-order chi connectivity index (χ0) is 16.8. The Morgan fingerprint density at radius 1 is 1.12 bits per heavy atom. The molecule has 0 saturated heterocycles. The van der Waals surface area contributed by atoms with Gasteiger partial charge in [0.25, 0.3) is 0 Å². The monoisotopic (exact) mass is 353 g/mol. The number of ether oxygens (including phenoxy) is 2. The van der Waals surface area contributed by atoms with Crippen molar-refractivity contribution in [2.75, 3.05) is 18.5 Å². The minimum absolute atomic E-state index is 0.590. The molecule has 1 aliphatic heterocycles. The van der Waals surface area contributed by atoms with Crippen molar-refractivity contribution in [3.8, 4) is 11.5 Å². The molecule has 5 nitrogen and oxygen atoms in total. The summed E-state index contributed by atoms with van der Waals surface area (Å²) < 4.78 is 11.3. The topological polar surface area (TPSA) is 56.3 Å². The molecule has 5 rings (SSSR count). The molecule has 1 aromatic carbocycles. The fourth-order valence-corrected chi connectivity index (χ4v) is 4.83. The number of thiophene rings is 1. The zero-order valence-corrected chi connectivity index (χ0v) is 14.9. The first-order valence-corrected chi connectivity index (χ1v) is 9.61. The van der Waals surface area contributed by atoms with E-state index >= 15 is 0 Å². The Morgan fingerprint density at radius 3 is 2.88 bits per heavy atom. The van der Waals surface area contributed by atoms with Gasteiger partial charge in [-0.15, -0.1) is 11.3 Å². The molecule has 2 aliphatic rings. The minimum atomic E-state index is 0.590. The highest BCUT2D eigenvalue weighted by molar-refractivity contribution is 7.19. The first-order chi connectivity index (χ1) is 12.3. The summed E-state index contributed by atoms with van der Waals surface area (Å²) in [4.78, 5) is 12.1. The number of nitrogens with zero attached hydrogens (tertiary/aromatic N) is 2. The molecule has 0 bridgehead atoms. The van der Waals surface area contributed by atoms with Gasteiger partial charge in [-0.2, -0.15) is 0 Å². The molecule has 3 aromatic rings. The summed E-state index contributed by atoms with van der Waals surface area (Å²) in [7, 11) is 0. The molecule has 1 aliphatic carbocycles. The molecule has 0 fully saturated rings. The van der Waals surface area contributed by atoms with Gasteiger partial charge < -0.3 is 14.8 Å². The number of aromatic nitrogens is 2. The highest BCUT2D eigenvalue weighted by Gasteiger charge is 2.22. The smallest absolute Gasteiger partial charge is 0.163 e. The quantitative estimate of drug-likeness (QED) is 0.762. The summed E-state index contributed by atoms with van der Waals surface area (Å²) in [5, 5.41) is 4.71. The maximum Gasteiger partial charge on any atom is 0.163 e. The summed E-state index contributed by atoms with van der Waals surface area (Å²) in [6.07, 6.45) is 4.35. The fourth-order valence-electron chi connectivity index (χ4n) is 3.55. The standard InChI is InChI=1S/C19H19N3O2S/c1-2-16-21-18(17-12-4-3-5-15(12)25-19(17)22-16)20-11-6-7-13-14(10-11)24-9-8-23-13/h6-7,10H,2-5,8-9H2,1H3,(H,20,21,22). The van der Waals surface area contributed by atoms with Gasteiger partial charge in [0.15, 0.2) is 11.5 Å². The molecule has 0 radical (unpaired) electrons. The third-order valence-electron chi connectivity index (χ3n) is 4.73. The van der Waals surface area contributed by atoms with E-state index in [0.717, 1.165) is 46.5 Å². The second kappa shape index (κ2) is 5.88. The van der Waals surface area contributed by atoms with Gasteiger partial charge >= 0.3 is 0 Å². The lowest BCUT2D eigenvalue weighted by Gasteiger charge is -2.19. The van der Waals surface area contributed by atoms with Crippen LogP contribution in [0.3, 0.4) is 0 Å². The summed E-state index contributed by atoms with van der Waals surface area (Å²) in [6, 6.07) is 5.95. The van der Waals surface area contributed by atoms with E-state index in [9.17, 15) is 0 Å².